The second kappa shape index (κ2) is 14.5. The van der Waals surface area contributed by atoms with Gasteiger partial charge >= 0.3 is 0 Å². The van der Waals surface area contributed by atoms with Crippen molar-refractivity contribution in [3.8, 4) is 5.75 Å². The molecule has 0 bridgehead atoms. The van der Waals surface area contributed by atoms with Crippen molar-refractivity contribution in [1.82, 2.24) is 16.0 Å². The van der Waals surface area contributed by atoms with E-state index in [1.165, 1.54) is 5.56 Å². The van der Waals surface area contributed by atoms with Gasteiger partial charge in [0.15, 0.2) is 5.96 Å². The molecule has 7 heteroatoms. The molecule has 1 amide bonds. The molecule has 1 aromatic carbocycles. The Morgan fingerprint density at radius 2 is 1.96 bits per heavy atom. The van der Waals surface area contributed by atoms with E-state index < -0.39 is 0 Å². The number of guanidine groups is 1. The van der Waals surface area contributed by atoms with Gasteiger partial charge < -0.3 is 20.7 Å². The largest absolute Gasteiger partial charge is 0.493 e. The van der Waals surface area contributed by atoms with Gasteiger partial charge in [-0.15, -0.1) is 24.0 Å². The molecule has 0 radical (unpaired) electrons. The third-order valence-corrected chi connectivity index (χ3v) is 3.83. The quantitative estimate of drug-likeness (QED) is 0.268. The van der Waals surface area contributed by atoms with Gasteiger partial charge in [0.1, 0.15) is 5.75 Å². The Kier molecular flexibility index (Phi) is 13.7. The number of nitrogens with zero attached hydrogens (tertiary/aromatic N) is 1. The fourth-order valence-corrected chi connectivity index (χ4v) is 2.24. The number of aliphatic imine (C=N–C) groups is 1. The van der Waals surface area contributed by atoms with E-state index in [9.17, 15) is 4.79 Å². The molecule has 27 heavy (non-hydrogen) atoms. The summed E-state index contributed by atoms with van der Waals surface area (Å²) in [5, 5.41) is 9.09. The maximum absolute atomic E-state index is 11.7. The van der Waals surface area contributed by atoms with Crippen molar-refractivity contribution in [3.63, 3.8) is 0 Å². The summed E-state index contributed by atoms with van der Waals surface area (Å²) in [5.41, 5.74) is 2.24. The van der Waals surface area contributed by atoms with Crippen LogP contribution in [-0.4, -0.2) is 38.6 Å². The van der Waals surface area contributed by atoms with Gasteiger partial charge in [-0.1, -0.05) is 32.9 Å². The molecule has 154 valence electrons. The molecule has 0 unspecified atom stereocenters. The molecule has 0 atom stereocenters. The first-order valence-electron chi connectivity index (χ1n) is 9.39. The molecule has 0 saturated heterocycles. The van der Waals surface area contributed by atoms with Gasteiger partial charge in [-0.05, 0) is 37.3 Å². The lowest BCUT2D eigenvalue weighted by Crippen LogP contribution is -2.43. The zero-order valence-electron chi connectivity index (χ0n) is 17.2. The normalized spacial score (nSPS) is 11.0. The zero-order chi connectivity index (χ0) is 19.4. The Balaban J connectivity index is 0.00000676. The molecular formula is C20H35IN4O2. The number of carbonyl (C=O) groups excluding carboxylic acids is 1. The monoisotopic (exact) mass is 490 g/mol. The summed E-state index contributed by atoms with van der Waals surface area (Å²) >= 11 is 0. The molecule has 3 N–H and O–H groups in total. The van der Waals surface area contributed by atoms with Crippen LogP contribution in [0.4, 0.5) is 0 Å². The minimum atomic E-state index is -0.0390. The average Bonchev–Trinajstić information content (AvgIpc) is 2.61. The van der Waals surface area contributed by atoms with Gasteiger partial charge in [0, 0.05) is 25.7 Å². The van der Waals surface area contributed by atoms with Crippen molar-refractivity contribution < 1.29 is 9.53 Å². The molecule has 0 heterocycles. The van der Waals surface area contributed by atoms with Crippen LogP contribution >= 0.6 is 24.0 Å². The number of carbonyl (C=O) groups is 1. The van der Waals surface area contributed by atoms with Crippen molar-refractivity contribution in [3.05, 3.63) is 29.3 Å². The molecule has 1 aromatic rings. The predicted octanol–water partition coefficient (Wildman–Crippen LogP) is 3.23. The average molecular weight is 490 g/mol. The summed E-state index contributed by atoms with van der Waals surface area (Å²) in [6.07, 6.45) is 1.95. The van der Waals surface area contributed by atoms with Gasteiger partial charge in [-0.2, -0.15) is 0 Å². The van der Waals surface area contributed by atoms with Crippen molar-refractivity contribution in [2.75, 3.05) is 26.7 Å². The molecule has 0 spiro atoms. The third-order valence-electron chi connectivity index (χ3n) is 3.83. The number of rotatable bonds is 10. The van der Waals surface area contributed by atoms with Gasteiger partial charge in [0.05, 0.1) is 13.2 Å². The van der Waals surface area contributed by atoms with E-state index in [-0.39, 0.29) is 36.4 Å². The van der Waals surface area contributed by atoms with E-state index in [0.717, 1.165) is 24.2 Å². The van der Waals surface area contributed by atoms with Crippen LogP contribution in [0.25, 0.3) is 0 Å². The molecule has 0 aromatic heterocycles. The molecular weight excluding hydrogens is 455 g/mol. The lowest BCUT2D eigenvalue weighted by molar-refractivity contribution is -0.120. The standard InChI is InChI=1S/C20H34N4O2.HI/c1-6-10-22-19(25)14-24-20(21-5)23-13-17-8-7-16(4)12-18(17)26-11-9-15(2)3;/h7-8,12,15H,6,9-11,13-14H2,1-5H3,(H,22,25)(H2,21,23,24);1H. The summed E-state index contributed by atoms with van der Waals surface area (Å²) in [4.78, 5) is 15.8. The second-order valence-corrected chi connectivity index (χ2v) is 6.77. The van der Waals surface area contributed by atoms with Crippen molar-refractivity contribution >= 4 is 35.8 Å². The van der Waals surface area contributed by atoms with Crippen LogP contribution < -0.4 is 20.7 Å². The fraction of sp³-hybridized carbons (Fsp3) is 0.600. The van der Waals surface area contributed by atoms with Gasteiger partial charge in [-0.25, -0.2) is 0 Å². The molecule has 0 aliphatic rings. The van der Waals surface area contributed by atoms with Crippen LogP contribution in [0.15, 0.2) is 23.2 Å². The van der Waals surface area contributed by atoms with E-state index in [1.54, 1.807) is 7.05 Å². The minimum absolute atomic E-state index is 0. The molecule has 0 aliphatic carbocycles. The highest BCUT2D eigenvalue weighted by atomic mass is 127. The number of benzene rings is 1. The van der Waals surface area contributed by atoms with E-state index in [2.05, 4.69) is 59.9 Å². The Labute approximate surface area is 181 Å². The first kappa shape index (κ1) is 25.5. The topological polar surface area (TPSA) is 74.8 Å². The lowest BCUT2D eigenvalue weighted by Gasteiger charge is -2.16. The summed E-state index contributed by atoms with van der Waals surface area (Å²) in [7, 11) is 1.69. The smallest absolute Gasteiger partial charge is 0.239 e. The van der Waals surface area contributed by atoms with Crippen LogP contribution in [0.1, 0.15) is 44.7 Å². The highest BCUT2D eigenvalue weighted by molar-refractivity contribution is 14.0. The van der Waals surface area contributed by atoms with E-state index in [0.29, 0.717) is 31.6 Å². The maximum Gasteiger partial charge on any atom is 0.239 e. The number of halogens is 1. The SMILES string of the molecule is CCCNC(=O)CNC(=NC)NCc1ccc(C)cc1OCCC(C)C.I. The van der Waals surface area contributed by atoms with Gasteiger partial charge in [0.2, 0.25) is 5.91 Å². The Hall–Kier alpha value is -1.51. The summed E-state index contributed by atoms with van der Waals surface area (Å²) in [5.74, 6) is 2.06. The maximum atomic E-state index is 11.7. The Morgan fingerprint density at radius 1 is 1.22 bits per heavy atom. The van der Waals surface area contributed by atoms with Crippen LogP contribution in [0.5, 0.6) is 5.75 Å². The van der Waals surface area contributed by atoms with E-state index in [1.807, 2.05) is 6.92 Å². The molecule has 0 aliphatic heterocycles. The van der Waals surface area contributed by atoms with E-state index >= 15 is 0 Å². The number of aryl methyl sites for hydroxylation is 1. The van der Waals surface area contributed by atoms with Gasteiger partial charge in [-0.3, -0.25) is 9.79 Å². The summed E-state index contributed by atoms with van der Waals surface area (Å²) < 4.78 is 5.97. The fourth-order valence-electron chi connectivity index (χ4n) is 2.24. The van der Waals surface area contributed by atoms with Crippen LogP contribution in [-0.2, 0) is 11.3 Å². The number of amides is 1. The number of ether oxygens (including phenoxy) is 1. The second-order valence-electron chi connectivity index (χ2n) is 6.77. The Bertz CT molecular complexity index is 591. The zero-order valence-corrected chi connectivity index (χ0v) is 19.6. The molecule has 0 saturated carbocycles. The summed E-state index contributed by atoms with van der Waals surface area (Å²) in [6, 6.07) is 6.20. The van der Waals surface area contributed by atoms with E-state index in [4.69, 9.17) is 4.74 Å². The molecule has 6 nitrogen and oxygen atoms in total. The highest BCUT2D eigenvalue weighted by Gasteiger charge is 2.07. The number of hydrogen-bond donors (Lipinski definition) is 3. The first-order valence-corrected chi connectivity index (χ1v) is 9.39. The van der Waals surface area contributed by atoms with Crippen LogP contribution in [0.3, 0.4) is 0 Å². The van der Waals surface area contributed by atoms with Crippen molar-refractivity contribution in [1.29, 1.82) is 0 Å². The number of hydrogen-bond acceptors (Lipinski definition) is 3. The van der Waals surface area contributed by atoms with Crippen LogP contribution in [0.2, 0.25) is 0 Å². The highest BCUT2D eigenvalue weighted by Crippen LogP contribution is 2.21. The third kappa shape index (κ3) is 11.0. The predicted molar refractivity (Wildman–Crippen MR) is 123 cm³/mol. The minimum Gasteiger partial charge on any atom is -0.493 e. The molecule has 0 fully saturated rings. The van der Waals surface area contributed by atoms with Crippen molar-refractivity contribution in [2.45, 2.75) is 47.1 Å². The Morgan fingerprint density at radius 3 is 2.59 bits per heavy atom. The number of nitrogens with one attached hydrogen (secondary N) is 3. The van der Waals surface area contributed by atoms with Crippen LogP contribution in [0, 0.1) is 12.8 Å². The first-order chi connectivity index (χ1) is 12.5. The van der Waals surface area contributed by atoms with Crippen molar-refractivity contribution in [2.24, 2.45) is 10.9 Å². The lowest BCUT2D eigenvalue weighted by atomic mass is 10.1. The van der Waals surface area contributed by atoms with Gasteiger partial charge in [0.25, 0.3) is 0 Å². The molecule has 1 rings (SSSR count). The summed E-state index contributed by atoms with van der Waals surface area (Å²) in [6.45, 7) is 10.6.